The Morgan fingerprint density at radius 1 is 1.09 bits per heavy atom. The molecule has 0 aliphatic carbocycles. The molecule has 0 radical (unpaired) electrons. The van der Waals surface area contributed by atoms with Crippen LogP contribution in [0.1, 0.15) is 24.0 Å². The van der Waals surface area contributed by atoms with Gasteiger partial charge in [-0.2, -0.15) is 0 Å². The van der Waals surface area contributed by atoms with E-state index in [1.807, 2.05) is 12.1 Å². The van der Waals surface area contributed by atoms with Crippen molar-refractivity contribution in [2.45, 2.75) is 24.8 Å². The second kappa shape index (κ2) is 7.16. The van der Waals surface area contributed by atoms with Crippen molar-refractivity contribution < 1.29 is 9.84 Å². The van der Waals surface area contributed by atoms with Gasteiger partial charge in [0.2, 0.25) is 0 Å². The average molecular weight is 311 g/mol. The summed E-state index contributed by atoms with van der Waals surface area (Å²) in [6.07, 6.45) is 2.14. The van der Waals surface area contributed by atoms with Crippen molar-refractivity contribution in [3.8, 4) is 5.75 Å². The van der Waals surface area contributed by atoms with E-state index in [9.17, 15) is 5.11 Å². The topological polar surface area (TPSA) is 32.7 Å². The minimum absolute atomic E-state index is 0.167. The standard InChI is InChI=1S/C20H25NO2/c1-23-19-10-8-18(9-11-19)20(16-22)12-5-13-21(15-20)14-17-6-3-2-4-7-17/h2-4,6-11,22H,5,12-16H2,1H3. The molecule has 3 heteroatoms. The summed E-state index contributed by atoms with van der Waals surface area (Å²) in [6, 6.07) is 18.7. The molecule has 1 heterocycles. The Morgan fingerprint density at radius 3 is 2.48 bits per heavy atom. The molecule has 2 aromatic carbocycles. The van der Waals surface area contributed by atoms with Crippen LogP contribution in [0.25, 0.3) is 0 Å². The van der Waals surface area contributed by atoms with Crippen molar-refractivity contribution in [1.29, 1.82) is 0 Å². The lowest BCUT2D eigenvalue weighted by Crippen LogP contribution is -2.47. The summed E-state index contributed by atoms with van der Waals surface area (Å²) < 4.78 is 5.25. The van der Waals surface area contributed by atoms with Crippen LogP contribution in [0.3, 0.4) is 0 Å². The van der Waals surface area contributed by atoms with Crippen LogP contribution in [0.15, 0.2) is 54.6 Å². The molecule has 1 saturated heterocycles. The Kier molecular flexibility index (Phi) is 4.99. The molecule has 3 nitrogen and oxygen atoms in total. The predicted molar refractivity (Wildman–Crippen MR) is 92.7 cm³/mol. The van der Waals surface area contributed by atoms with Crippen molar-refractivity contribution in [2.75, 3.05) is 26.8 Å². The van der Waals surface area contributed by atoms with Gasteiger partial charge in [-0.15, -0.1) is 0 Å². The third-order valence-corrected chi connectivity index (χ3v) is 4.91. The Labute approximate surface area is 138 Å². The Morgan fingerprint density at radius 2 is 1.83 bits per heavy atom. The van der Waals surface area contributed by atoms with E-state index in [0.29, 0.717) is 0 Å². The highest BCUT2D eigenvalue weighted by Gasteiger charge is 2.36. The molecule has 1 fully saturated rings. The van der Waals surface area contributed by atoms with Crippen molar-refractivity contribution >= 4 is 0 Å². The van der Waals surface area contributed by atoms with Gasteiger partial charge in [-0.25, -0.2) is 0 Å². The van der Waals surface area contributed by atoms with E-state index in [2.05, 4.69) is 47.4 Å². The molecular weight excluding hydrogens is 286 g/mol. The zero-order chi connectivity index (χ0) is 16.1. The quantitative estimate of drug-likeness (QED) is 0.920. The molecule has 122 valence electrons. The Balaban J connectivity index is 1.78. The lowest BCUT2D eigenvalue weighted by atomic mass is 9.74. The molecule has 23 heavy (non-hydrogen) atoms. The van der Waals surface area contributed by atoms with E-state index < -0.39 is 0 Å². The van der Waals surface area contributed by atoms with E-state index in [1.54, 1.807) is 7.11 Å². The first kappa shape index (κ1) is 16.0. The minimum atomic E-state index is -0.167. The second-order valence-corrected chi connectivity index (χ2v) is 6.47. The summed E-state index contributed by atoms with van der Waals surface area (Å²) in [5.41, 5.74) is 2.37. The molecule has 0 saturated carbocycles. The van der Waals surface area contributed by atoms with Gasteiger partial charge in [-0.1, -0.05) is 42.5 Å². The van der Waals surface area contributed by atoms with Gasteiger partial charge in [0, 0.05) is 18.5 Å². The largest absolute Gasteiger partial charge is 0.497 e. The third kappa shape index (κ3) is 3.57. The van der Waals surface area contributed by atoms with E-state index >= 15 is 0 Å². The van der Waals surface area contributed by atoms with Crippen molar-refractivity contribution in [3.05, 3.63) is 65.7 Å². The van der Waals surface area contributed by atoms with Gasteiger partial charge in [0.25, 0.3) is 0 Å². The van der Waals surface area contributed by atoms with Crippen LogP contribution in [0.4, 0.5) is 0 Å². The molecule has 2 aromatic rings. The van der Waals surface area contributed by atoms with Crippen molar-refractivity contribution in [1.82, 2.24) is 4.90 Å². The number of nitrogens with zero attached hydrogens (tertiary/aromatic N) is 1. The molecule has 3 rings (SSSR count). The number of ether oxygens (including phenoxy) is 1. The summed E-state index contributed by atoms with van der Waals surface area (Å²) >= 11 is 0. The number of rotatable bonds is 5. The second-order valence-electron chi connectivity index (χ2n) is 6.47. The van der Waals surface area contributed by atoms with Crippen molar-refractivity contribution in [3.63, 3.8) is 0 Å². The number of piperidine rings is 1. The van der Waals surface area contributed by atoms with Gasteiger partial charge >= 0.3 is 0 Å². The fraction of sp³-hybridized carbons (Fsp3) is 0.400. The number of hydrogen-bond acceptors (Lipinski definition) is 3. The number of likely N-dealkylation sites (tertiary alicyclic amines) is 1. The van der Waals surface area contributed by atoms with Gasteiger partial charge in [0.15, 0.2) is 0 Å². The molecule has 0 bridgehead atoms. The van der Waals surface area contributed by atoms with Gasteiger partial charge in [0.05, 0.1) is 13.7 Å². The first-order valence-electron chi connectivity index (χ1n) is 8.27. The SMILES string of the molecule is COc1ccc(C2(CO)CCCN(Cc3ccccc3)C2)cc1. The fourth-order valence-electron chi connectivity index (χ4n) is 3.60. The van der Waals surface area contributed by atoms with Crippen LogP contribution in [0, 0.1) is 0 Å². The van der Waals surface area contributed by atoms with Gasteiger partial charge in [0.1, 0.15) is 5.75 Å². The highest BCUT2D eigenvalue weighted by atomic mass is 16.5. The highest BCUT2D eigenvalue weighted by Crippen LogP contribution is 2.35. The number of benzene rings is 2. The molecular formula is C20H25NO2. The van der Waals surface area contributed by atoms with Crippen LogP contribution >= 0.6 is 0 Å². The predicted octanol–water partition coefficient (Wildman–Crippen LogP) is 3.22. The minimum Gasteiger partial charge on any atom is -0.497 e. The molecule has 1 aliphatic rings. The maximum Gasteiger partial charge on any atom is 0.118 e. The summed E-state index contributed by atoms with van der Waals surface area (Å²) in [5.74, 6) is 0.860. The fourth-order valence-corrected chi connectivity index (χ4v) is 3.60. The Bertz CT molecular complexity index is 611. The summed E-state index contributed by atoms with van der Waals surface area (Å²) in [6.45, 7) is 3.11. The maximum atomic E-state index is 10.1. The van der Waals surface area contributed by atoms with Crippen LogP contribution < -0.4 is 4.74 Å². The molecule has 0 spiro atoms. The van der Waals surface area contributed by atoms with Gasteiger partial charge < -0.3 is 9.84 Å². The van der Waals surface area contributed by atoms with Crippen molar-refractivity contribution in [2.24, 2.45) is 0 Å². The Hall–Kier alpha value is -1.84. The molecule has 0 amide bonds. The molecule has 0 aromatic heterocycles. The maximum absolute atomic E-state index is 10.1. The van der Waals surface area contributed by atoms with Crippen LogP contribution in [-0.2, 0) is 12.0 Å². The third-order valence-electron chi connectivity index (χ3n) is 4.91. The molecule has 1 aliphatic heterocycles. The summed E-state index contributed by atoms with van der Waals surface area (Å²) in [7, 11) is 1.68. The average Bonchev–Trinajstić information content (AvgIpc) is 2.63. The van der Waals surface area contributed by atoms with Gasteiger partial charge in [-0.05, 0) is 42.6 Å². The molecule has 1 atom stereocenters. The normalized spacial score (nSPS) is 22.0. The molecule has 1 unspecified atom stereocenters. The monoisotopic (exact) mass is 311 g/mol. The zero-order valence-electron chi connectivity index (χ0n) is 13.7. The first-order chi connectivity index (χ1) is 11.3. The number of aliphatic hydroxyl groups is 1. The number of methoxy groups -OCH3 is 1. The number of aliphatic hydroxyl groups excluding tert-OH is 1. The first-order valence-corrected chi connectivity index (χ1v) is 8.27. The summed E-state index contributed by atoms with van der Waals surface area (Å²) in [5, 5.41) is 10.1. The highest BCUT2D eigenvalue weighted by molar-refractivity contribution is 5.33. The lowest BCUT2D eigenvalue weighted by Gasteiger charge is -2.42. The van der Waals surface area contributed by atoms with E-state index in [0.717, 1.165) is 38.2 Å². The van der Waals surface area contributed by atoms with Gasteiger partial charge in [-0.3, -0.25) is 4.90 Å². The molecule has 1 N–H and O–H groups in total. The summed E-state index contributed by atoms with van der Waals surface area (Å²) in [4.78, 5) is 2.46. The lowest BCUT2D eigenvalue weighted by molar-refractivity contribution is 0.0850. The number of hydrogen-bond donors (Lipinski definition) is 1. The van der Waals surface area contributed by atoms with E-state index in [1.165, 1.54) is 11.1 Å². The van der Waals surface area contributed by atoms with E-state index in [4.69, 9.17) is 4.74 Å². The van der Waals surface area contributed by atoms with Crippen LogP contribution in [-0.4, -0.2) is 36.8 Å². The van der Waals surface area contributed by atoms with Crippen LogP contribution in [0.2, 0.25) is 0 Å². The zero-order valence-corrected chi connectivity index (χ0v) is 13.7. The van der Waals surface area contributed by atoms with E-state index in [-0.39, 0.29) is 12.0 Å². The smallest absolute Gasteiger partial charge is 0.118 e. The van der Waals surface area contributed by atoms with Crippen LogP contribution in [0.5, 0.6) is 5.75 Å².